The van der Waals surface area contributed by atoms with Gasteiger partial charge in [0.05, 0.1) is 0 Å². The second-order valence-corrected chi connectivity index (χ2v) is 5.09. The third-order valence-electron chi connectivity index (χ3n) is 3.82. The number of likely N-dealkylation sites (tertiary alicyclic amines) is 1. The molecule has 0 aliphatic carbocycles. The molecular formula is C14H18N2. The van der Waals surface area contributed by atoms with Gasteiger partial charge in [-0.3, -0.25) is 9.89 Å². The smallest absolute Gasteiger partial charge is 0.0394 e. The molecule has 0 bridgehead atoms. The first kappa shape index (κ1) is 10.0. The van der Waals surface area contributed by atoms with Crippen LogP contribution in [0.3, 0.4) is 0 Å². The molecule has 2 aliphatic rings. The van der Waals surface area contributed by atoms with E-state index >= 15 is 0 Å². The van der Waals surface area contributed by atoms with Gasteiger partial charge in [0.1, 0.15) is 0 Å². The van der Waals surface area contributed by atoms with E-state index in [9.17, 15) is 0 Å². The summed E-state index contributed by atoms with van der Waals surface area (Å²) in [5.41, 5.74) is 1.85. The summed E-state index contributed by atoms with van der Waals surface area (Å²) in [6, 6.07) is 10.8. The van der Waals surface area contributed by atoms with Gasteiger partial charge in [0.15, 0.2) is 0 Å². The highest BCUT2D eigenvalue weighted by Crippen LogP contribution is 2.35. The molecule has 16 heavy (non-hydrogen) atoms. The van der Waals surface area contributed by atoms with E-state index in [-0.39, 0.29) is 0 Å². The zero-order valence-corrected chi connectivity index (χ0v) is 9.60. The normalized spacial score (nSPS) is 29.2. The zero-order valence-electron chi connectivity index (χ0n) is 9.60. The van der Waals surface area contributed by atoms with Gasteiger partial charge in [0.25, 0.3) is 0 Å². The van der Waals surface area contributed by atoms with Gasteiger partial charge in [0, 0.05) is 31.3 Å². The predicted octanol–water partition coefficient (Wildman–Crippen LogP) is 2.35. The third-order valence-corrected chi connectivity index (χ3v) is 3.82. The van der Waals surface area contributed by atoms with Crippen LogP contribution in [0.15, 0.2) is 35.3 Å². The van der Waals surface area contributed by atoms with Crippen LogP contribution in [0.1, 0.15) is 18.4 Å². The van der Waals surface area contributed by atoms with E-state index in [1.54, 1.807) is 0 Å². The largest absolute Gasteiger partial charge is 0.298 e. The number of benzene rings is 1. The molecule has 1 saturated heterocycles. The van der Waals surface area contributed by atoms with Gasteiger partial charge in [0.2, 0.25) is 0 Å². The van der Waals surface area contributed by atoms with Crippen LogP contribution in [0.4, 0.5) is 0 Å². The summed E-state index contributed by atoms with van der Waals surface area (Å²) >= 11 is 0. The lowest BCUT2D eigenvalue weighted by Gasteiger charge is -2.20. The zero-order chi connectivity index (χ0) is 10.8. The van der Waals surface area contributed by atoms with E-state index in [0.717, 1.165) is 13.1 Å². The highest BCUT2D eigenvalue weighted by molar-refractivity contribution is 5.68. The number of hydrogen-bond donors (Lipinski definition) is 0. The quantitative estimate of drug-likeness (QED) is 0.738. The van der Waals surface area contributed by atoms with Crippen molar-refractivity contribution in [3.63, 3.8) is 0 Å². The molecule has 1 atom stereocenters. The van der Waals surface area contributed by atoms with E-state index in [1.807, 2.05) is 0 Å². The van der Waals surface area contributed by atoms with E-state index < -0.39 is 0 Å². The van der Waals surface area contributed by atoms with Crippen molar-refractivity contribution in [3.8, 4) is 0 Å². The summed E-state index contributed by atoms with van der Waals surface area (Å²) in [6.45, 7) is 4.56. The molecule has 0 N–H and O–H groups in total. The minimum Gasteiger partial charge on any atom is -0.298 e. The van der Waals surface area contributed by atoms with Crippen molar-refractivity contribution in [2.45, 2.75) is 19.4 Å². The monoisotopic (exact) mass is 214 g/mol. The Hall–Kier alpha value is -1.15. The molecule has 0 saturated carbocycles. The summed E-state index contributed by atoms with van der Waals surface area (Å²) in [5.74, 6) is 0. The maximum atomic E-state index is 4.41. The minimum absolute atomic E-state index is 0.425. The van der Waals surface area contributed by atoms with Crippen molar-refractivity contribution in [1.82, 2.24) is 4.90 Å². The highest BCUT2D eigenvalue weighted by Gasteiger charge is 2.38. The Morgan fingerprint density at radius 3 is 2.81 bits per heavy atom. The predicted molar refractivity (Wildman–Crippen MR) is 66.7 cm³/mol. The van der Waals surface area contributed by atoms with E-state index in [1.165, 1.54) is 31.5 Å². The molecule has 1 spiro atoms. The third kappa shape index (κ3) is 1.90. The number of hydrogen-bond acceptors (Lipinski definition) is 2. The molecule has 1 aromatic carbocycles. The van der Waals surface area contributed by atoms with Crippen LogP contribution in [0.25, 0.3) is 0 Å². The maximum absolute atomic E-state index is 4.41. The van der Waals surface area contributed by atoms with E-state index in [4.69, 9.17) is 0 Å². The van der Waals surface area contributed by atoms with Gasteiger partial charge in [-0.1, -0.05) is 30.3 Å². The first-order valence-electron chi connectivity index (χ1n) is 6.14. The Morgan fingerprint density at radius 1 is 1.19 bits per heavy atom. The first-order valence-corrected chi connectivity index (χ1v) is 6.14. The lowest BCUT2D eigenvalue weighted by atomic mass is 9.87. The molecule has 2 heteroatoms. The molecule has 1 aromatic rings. The summed E-state index contributed by atoms with van der Waals surface area (Å²) < 4.78 is 0. The molecule has 2 nitrogen and oxygen atoms in total. The molecule has 0 amide bonds. The van der Waals surface area contributed by atoms with Gasteiger partial charge in [-0.05, 0) is 24.9 Å². The number of aliphatic imine (C=N–C) groups is 1. The lowest BCUT2D eigenvalue weighted by Crippen LogP contribution is -2.26. The van der Waals surface area contributed by atoms with Crippen molar-refractivity contribution >= 4 is 6.21 Å². The highest BCUT2D eigenvalue weighted by atomic mass is 15.2. The summed E-state index contributed by atoms with van der Waals surface area (Å²) in [4.78, 5) is 6.97. The van der Waals surface area contributed by atoms with Crippen molar-refractivity contribution in [3.05, 3.63) is 35.9 Å². The average Bonchev–Trinajstić information content (AvgIpc) is 2.92. The summed E-state index contributed by atoms with van der Waals surface area (Å²) in [5, 5.41) is 0. The average molecular weight is 214 g/mol. The van der Waals surface area contributed by atoms with Crippen LogP contribution >= 0.6 is 0 Å². The van der Waals surface area contributed by atoms with Crippen LogP contribution in [-0.4, -0.2) is 30.7 Å². The fourth-order valence-electron chi connectivity index (χ4n) is 2.88. The van der Waals surface area contributed by atoms with Crippen LogP contribution in [-0.2, 0) is 6.54 Å². The van der Waals surface area contributed by atoms with Gasteiger partial charge >= 0.3 is 0 Å². The molecule has 2 aliphatic heterocycles. The molecular weight excluding hydrogens is 196 g/mol. The second kappa shape index (κ2) is 4.02. The van der Waals surface area contributed by atoms with E-state index in [2.05, 4.69) is 46.4 Å². The fourth-order valence-corrected chi connectivity index (χ4v) is 2.88. The van der Waals surface area contributed by atoms with Gasteiger partial charge < -0.3 is 0 Å². The van der Waals surface area contributed by atoms with Gasteiger partial charge in [-0.25, -0.2) is 0 Å². The Balaban J connectivity index is 1.64. The number of nitrogens with zero attached hydrogens (tertiary/aromatic N) is 2. The molecule has 0 aromatic heterocycles. The SMILES string of the molecule is C1=NCC[C@@]12CCN(Cc1ccccc1)C2. The van der Waals surface area contributed by atoms with E-state index in [0.29, 0.717) is 5.41 Å². The minimum atomic E-state index is 0.425. The van der Waals surface area contributed by atoms with Gasteiger partial charge in [-0.15, -0.1) is 0 Å². The maximum Gasteiger partial charge on any atom is 0.0394 e. The molecule has 84 valence electrons. The van der Waals surface area contributed by atoms with Crippen molar-refractivity contribution in [2.24, 2.45) is 10.4 Å². The van der Waals surface area contributed by atoms with Gasteiger partial charge in [-0.2, -0.15) is 0 Å². The van der Waals surface area contributed by atoms with Crippen molar-refractivity contribution < 1.29 is 0 Å². The van der Waals surface area contributed by atoms with Crippen LogP contribution in [0, 0.1) is 5.41 Å². The Morgan fingerprint density at radius 2 is 2.06 bits per heavy atom. The molecule has 2 heterocycles. The van der Waals surface area contributed by atoms with Crippen LogP contribution in [0.5, 0.6) is 0 Å². The number of rotatable bonds is 2. The van der Waals surface area contributed by atoms with Crippen molar-refractivity contribution in [2.75, 3.05) is 19.6 Å². The van der Waals surface area contributed by atoms with Crippen LogP contribution in [0.2, 0.25) is 0 Å². The molecule has 0 radical (unpaired) electrons. The molecule has 1 fully saturated rings. The Labute approximate surface area is 97.0 Å². The standard InChI is InChI=1S/C14H18N2/c1-2-4-13(5-3-1)10-16-9-7-14(12-16)6-8-15-11-14/h1-5,11H,6-10,12H2/t14-/m1/s1. The topological polar surface area (TPSA) is 15.6 Å². The molecule has 3 rings (SSSR count). The van der Waals surface area contributed by atoms with Crippen LogP contribution < -0.4 is 0 Å². The Kier molecular flexibility index (Phi) is 2.52. The summed E-state index contributed by atoms with van der Waals surface area (Å²) in [6.07, 6.45) is 4.78. The fraction of sp³-hybridized carbons (Fsp3) is 0.500. The van der Waals surface area contributed by atoms with Crippen molar-refractivity contribution in [1.29, 1.82) is 0 Å². The molecule has 0 unspecified atom stereocenters. The second-order valence-electron chi connectivity index (χ2n) is 5.09. The summed E-state index contributed by atoms with van der Waals surface area (Å²) in [7, 11) is 0. The first-order chi connectivity index (χ1) is 7.86. The lowest BCUT2D eigenvalue weighted by molar-refractivity contribution is 0.301. The Bertz CT molecular complexity index is 385.